The Hall–Kier alpha value is -3.01. The van der Waals surface area contributed by atoms with E-state index in [0.717, 1.165) is 27.7 Å². The zero-order valence-corrected chi connectivity index (χ0v) is 16.2. The lowest BCUT2D eigenvalue weighted by Crippen LogP contribution is -2.61. The summed E-state index contributed by atoms with van der Waals surface area (Å²) in [5.74, 6) is -3.46. The predicted molar refractivity (Wildman–Crippen MR) is 85.4 cm³/mol. The summed E-state index contributed by atoms with van der Waals surface area (Å²) in [7, 11) is 0. The Morgan fingerprint density at radius 3 is 1.73 bits per heavy atom. The lowest BCUT2D eigenvalue weighted by molar-refractivity contribution is -0.438. The highest BCUT2D eigenvalue weighted by Gasteiger charge is 2.52. The fourth-order valence-corrected chi connectivity index (χ4v) is 2.06. The molecule has 0 spiro atoms. The summed E-state index contributed by atoms with van der Waals surface area (Å²) in [5.41, 5.74) is 8.78. The monoisotopic (exact) mass is 437 g/mol. The Balaban J connectivity index is 3.21. The number of hydrogen-bond donors (Lipinski definition) is 0. The van der Waals surface area contributed by atoms with Crippen molar-refractivity contribution in [1.29, 1.82) is 0 Å². The van der Waals surface area contributed by atoms with Gasteiger partial charge in [0.05, 0.1) is 0 Å². The second kappa shape index (κ2) is 12.5. The molecule has 0 aliphatic carbocycles. The van der Waals surface area contributed by atoms with Crippen LogP contribution in [0.2, 0.25) is 0 Å². The Morgan fingerprint density at radius 1 is 0.800 bits per heavy atom. The van der Waals surface area contributed by atoms with Crippen molar-refractivity contribution in [3.05, 3.63) is 10.4 Å². The molecule has 0 aromatic rings. The molecule has 1 fully saturated rings. The molecule has 0 bridgehead atoms. The number of hydrogen-bond acceptors (Lipinski definition) is 14. The number of azide groups is 1. The second-order valence-electron chi connectivity index (χ2n) is 5.54. The van der Waals surface area contributed by atoms with Gasteiger partial charge in [-0.1, -0.05) is 5.11 Å². The molecule has 0 aromatic carbocycles. The Labute approximate surface area is 168 Å². The molecule has 0 saturated carbocycles. The highest BCUT2D eigenvalue weighted by molar-refractivity contribution is 5.66. The van der Waals surface area contributed by atoms with Crippen molar-refractivity contribution in [2.24, 2.45) is 5.11 Å². The quantitative estimate of drug-likeness (QED) is 0.147. The molecule has 1 heterocycles. The van der Waals surface area contributed by atoms with E-state index < -0.39 is 61.1 Å². The fraction of sp³-hybridized carbons (Fsp3) is 0.714. The normalized spacial score (nSPS) is 25.4. The first-order valence-electron chi connectivity index (χ1n) is 8.17. The van der Waals surface area contributed by atoms with E-state index in [0.29, 0.717) is 0 Å². The van der Waals surface area contributed by atoms with E-state index in [1.54, 1.807) is 0 Å². The number of carbonyl (C=O) groups excluding carboxylic acids is 4. The van der Waals surface area contributed by atoms with Crippen LogP contribution in [0.3, 0.4) is 0 Å². The minimum Gasteiger partial charge on any atom is -0.360 e. The lowest BCUT2D eigenvalue weighted by Gasteiger charge is -2.40. The third kappa shape index (κ3) is 8.56. The van der Waals surface area contributed by atoms with Crippen molar-refractivity contribution in [3.8, 4) is 0 Å². The molecule has 1 aliphatic heterocycles. The van der Waals surface area contributed by atoms with E-state index in [1.165, 1.54) is 0 Å². The number of carbonyl (C=O) groups is 4. The average molecular weight is 437 g/mol. The molecule has 1 aliphatic rings. The van der Waals surface area contributed by atoms with Crippen LogP contribution in [0.25, 0.3) is 10.4 Å². The van der Waals surface area contributed by atoms with Gasteiger partial charge >= 0.3 is 23.9 Å². The minimum absolute atomic E-state index is 0.539. The first-order chi connectivity index (χ1) is 14.1. The zero-order chi connectivity index (χ0) is 22.7. The molecule has 0 aromatic heterocycles. The summed E-state index contributed by atoms with van der Waals surface area (Å²) in [6.45, 7) is 3.56. The fourth-order valence-electron chi connectivity index (χ4n) is 2.06. The summed E-state index contributed by atoms with van der Waals surface area (Å²) in [6.07, 6.45) is -7.43. The standard InChI is InChI=1S/C14H19N3O13/c1-6(18)24-22-5-10-11(28-25-7(2)19)12(29-26-8(3)20)13(30-27-9(4)21)14(23-10)16-17-15/h10-14H,5H2,1-4H3. The van der Waals surface area contributed by atoms with Crippen LogP contribution in [0.1, 0.15) is 27.7 Å². The second-order valence-corrected chi connectivity index (χ2v) is 5.54. The van der Waals surface area contributed by atoms with E-state index in [2.05, 4.69) is 34.5 Å². The molecular weight excluding hydrogens is 418 g/mol. The van der Waals surface area contributed by atoms with E-state index in [9.17, 15) is 19.2 Å². The van der Waals surface area contributed by atoms with Gasteiger partial charge < -0.3 is 4.74 Å². The predicted octanol–water partition coefficient (Wildman–Crippen LogP) is 0.106. The maximum atomic E-state index is 11.2. The van der Waals surface area contributed by atoms with Crippen LogP contribution in [0, 0.1) is 0 Å². The van der Waals surface area contributed by atoms with Crippen LogP contribution >= 0.6 is 0 Å². The van der Waals surface area contributed by atoms with E-state index in [-0.39, 0.29) is 0 Å². The Morgan fingerprint density at radius 2 is 1.27 bits per heavy atom. The van der Waals surface area contributed by atoms with Gasteiger partial charge in [-0.15, -0.1) is 0 Å². The van der Waals surface area contributed by atoms with Gasteiger partial charge in [0, 0.05) is 32.6 Å². The third-order valence-corrected chi connectivity index (χ3v) is 3.01. The molecule has 0 amide bonds. The summed E-state index contributed by atoms with van der Waals surface area (Å²) in [6, 6.07) is 0. The van der Waals surface area contributed by atoms with Crippen LogP contribution in [0.4, 0.5) is 0 Å². The van der Waals surface area contributed by atoms with Crippen LogP contribution in [-0.2, 0) is 63.0 Å². The van der Waals surface area contributed by atoms with Crippen LogP contribution < -0.4 is 0 Å². The average Bonchev–Trinajstić information content (AvgIpc) is 2.64. The highest BCUT2D eigenvalue weighted by Crippen LogP contribution is 2.30. The topological polar surface area (TPSA) is 200 Å². The van der Waals surface area contributed by atoms with Crippen molar-refractivity contribution < 1.29 is 63.0 Å². The minimum atomic E-state index is -1.56. The van der Waals surface area contributed by atoms with Gasteiger partial charge in [0.1, 0.15) is 12.7 Å². The Bertz CT molecular complexity index is 680. The summed E-state index contributed by atoms with van der Waals surface area (Å²) in [5, 5.41) is 3.34. The number of nitrogens with zero attached hydrogens (tertiary/aromatic N) is 3. The van der Waals surface area contributed by atoms with Crippen LogP contribution in [0.5, 0.6) is 0 Å². The molecule has 1 rings (SSSR count). The van der Waals surface area contributed by atoms with E-state index >= 15 is 0 Å². The van der Waals surface area contributed by atoms with Gasteiger partial charge in [-0.3, -0.25) is 19.6 Å². The highest BCUT2D eigenvalue weighted by atomic mass is 17.3. The van der Waals surface area contributed by atoms with Crippen molar-refractivity contribution >= 4 is 23.9 Å². The molecule has 30 heavy (non-hydrogen) atoms. The lowest BCUT2D eigenvalue weighted by atomic mass is 9.98. The van der Waals surface area contributed by atoms with Gasteiger partial charge in [-0.05, 0) is 5.53 Å². The molecule has 1 saturated heterocycles. The Kier molecular flexibility index (Phi) is 10.5. The van der Waals surface area contributed by atoms with Crippen molar-refractivity contribution in [1.82, 2.24) is 0 Å². The molecular formula is C14H19N3O13. The maximum Gasteiger partial charge on any atom is 0.339 e. The van der Waals surface area contributed by atoms with Gasteiger partial charge in [-0.2, -0.15) is 19.6 Å². The van der Waals surface area contributed by atoms with Crippen LogP contribution in [0.15, 0.2) is 5.11 Å². The SMILES string of the molecule is CC(=O)OOCC1OC(N=[N+]=[N-])C(OOC(C)=O)C(OOC(C)=O)C1OOC(C)=O. The summed E-state index contributed by atoms with van der Waals surface area (Å²) in [4.78, 5) is 84.1. The van der Waals surface area contributed by atoms with Crippen molar-refractivity contribution in [3.63, 3.8) is 0 Å². The number of rotatable bonds is 10. The first-order valence-corrected chi connectivity index (χ1v) is 8.17. The molecule has 0 N–H and O–H groups in total. The van der Waals surface area contributed by atoms with Gasteiger partial charge in [0.2, 0.25) is 0 Å². The molecule has 5 unspecified atom stereocenters. The molecule has 0 radical (unpaired) electrons. The molecule has 5 atom stereocenters. The molecule has 16 nitrogen and oxygen atoms in total. The third-order valence-electron chi connectivity index (χ3n) is 3.01. The van der Waals surface area contributed by atoms with E-state index in [4.69, 9.17) is 24.9 Å². The molecule has 168 valence electrons. The summed E-state index contributed by atoms with van der Waals surface area (Å²) >= 11 is 0. The maximum absolute atomic E-state index is 11.2. The van der Waals surface area contributed by atoms with Crippen LogP contribution in [-0.4, -0.2) is 61.1 Å². The first kappa shape index (κ1) is 25.0. The molecule has 16 heteroatoms. The largest absolute Gasteiger partial charge is 0.360 e. The van der Waals surface area contributed by atoms with E-state index in [1.807, 2.05) is 0 Å². The van der Waals surface area contributed by atoms with Crippen molar-refractivity contribution in [2.75, 3.05) is 6.61 Å². The van der Waals surface area contributed by atoms with Gasteiger partial charge in [-0.25, -0.2) is 19.2 Å². The van der Waals surface area contributed by atoms with Gasteiger partial charge in [0.15, 0.2) is 24.5 Å². The zero-order valence-electron chi connectivity index (χ0n) is 16.2. The number of ether oxygens (including phenoxy) is 1. The summed E-state index contributed by atoms with van der Waals surface area (Å²) < 4.78 is 5.45. The smallest absolute Gasteiger partial charge is 0.339 e. The van der Waals surface area contributed by atoms with Crippen molar-refractivity contribution in [2.45, 2.75) is 58.3 Å². The van der Waals surface area contributed by atoms with Gasteiger partial charge in [0.25, 0.3) is 0 Å².